The van der Waals surface area contributed by atoms with Crippen LogP contribution >= 0.6 is 0 Å². The van der Waals surface area contributed by atoms with Crippen LogP contribution in [0, 0.1) is 10.1 Å². The molecule has 1 aromatic carbocycles. The maximum Gasteiger partial charge on any atom is 0.293 e. The highest BCUT2D eigenvalue weighted by Gasteiger charge is 2.40. The van der Waals surface area contributed by atoms with Crippen LogP contribution in [0.4, 0.5) is 15.8 Å². The number of primary sulfonamides is 1. The summed E-state index contributed by atoms with van der Waals surface area (Å²) in [5.74, 6) is -1.72. The Morgan fingerprint density at radius 1 is 1.39 bits per heavy atom. The number of rotatable bonds is 4. The number of halogens is 1. The van der Waals surface area contributed by atoms with Gasteiger partial charge >= 0.3 is 0 Å². The van der Waals surface area contributed by atoms with Crippen molar-refractivity contribution >= 4 is 21.4 Å². The highest BCUT2D eigenvalue weighted by molar-refractivity contribution is 7.89. The molecule has 0 aliphatic carbocycles. The van der Waals surface area contributed by atoms with Gasteiger partial charge in [-0.1, -0.05) is 0 Å². The third-order valence-corrected chi connectivity index (χ3v) is 5.10. The first-order chi connectivity index (χ1) is 10.5. The van der Waals surface area contributed by atoms with Crippen molar-refractivity contribution in [2.45, 2.75) is 23.5 Å². The summed E-state index contributed by atoms with van der Waals surface area (Å²) in [6.45, 7) is 1.06. The number of likely N-dealkylation sites (tertiary alicyclic amines) is 1. The third-order valence-electron chi connectivity index (χ3n) is 4.19. The van der Waals surface area contributed by atoms with Gasteiger partial charge in [0, 0.05) is 39.0 Å². The van der Waals surface area contributed by atoms with E-state index in [2.05, 4.69) is 0 Å². The molecule has 1 fully saturated rings. The Kier molecular flexibility index (Phi) is 4.60. The lowest BCUT2D eigenvalue weighted by molar-refractivity contribution is -0.384. The molecule has 1 aliphatic rings. The van der Waals surface area contributed by atoms with Crippen LogP contribution in [0.1, 0.15) is 12.8 Å². The van der Waals surface area contributed by atoms with Crippen molar-refractivity contribution in [2.75, 3.05) is 32.1 Å². The van der Waals surface area contributed by atoms with Gasteiger partial charge in [-0.3, -0.25) is 10.1 Å². The average Bonchev–Trinajstić information content (AvgIpc) is 2.48. The molecule has 0 atom stereocenters. The lowest BCUT2D eigenvalue weighted by Gasteiger charge is -2.41. The maximum absolute atomic E-state index is 15.1. The largest absolute Gasteiger partial charge is 0.337 e. The van der Waals surface area contributed by atoms with Crippen LogP contribution in [-0.2, 0) is 10.0 Å². The predicted octanol–water partition coefficient (Wildman–Crippen LogP) is 1.07. The van der Waals surface area contributed by atoms with Crippen molar-refractivity contribution in [1.29, 1.82) is 0 Å². The fraction of sp³-hybridized carbons (Fsp3) is 0.538. The van der Waals surface area contributed by atoms with E-state index in [1.165, 1.54) is 18.0 Å². The van der Waals surface area contributed by atoms with Crippen LogP contribution in [0.15, 0.2) is 23.1 Å². The monoisotopic (exact) mass is 346 g/mol. The van der Waals surface area contributed by atoms with Gasteiger partial charge in [-0.2, -0.15) is 0 Å². The topological polar surface area (TPSA) is 110 Å². The van der Waals surface area contributed by atoms with Gasteiger partial charge in [-0.25, -0.2) is 17.9 Å². The van der Waals surface area contributed by atoms with E-state index in [1.807, 2.05) is 11.9 Å². The number of nitro groups is 1. The van der Waals surface area contributed by atoms with Crippen LogP contribution in [-0.4, -0.2) is 51.2 Å². The minimum absolute atomic E-state index is 0.0226. The Hall–Kier alpha value is -1.78. The van der Waals surface area contributed by atoms with Crippen LogP contribution in [0.5, 0.6) is 0 Å². The smallest absolute Gasteiger partial charge is 0.293 e. The van der Waals surface area contributed by atoms with Crippen molar-refractivity contribution in [3.8, 4) is 0 Å². The number of piperidine rings is 1. The van der Waals surface area contributed by atoms with Crippen molar-refractivity contribution in [2.24, 2.45) is 5.14 Å². The molecule has 2 rings (SSSR count). The summed E-state index contributed by atoms with van der Waals surface area (Å²) in [4.78, 5) is 13.3. The molecule has 128 valence electrons. The normalized spacial score (nSPS) is 18.6. The summed E-state index contributed by atoms with van der Waals surface area (Å²) < 4.78 is 37.8. The van der Waals surface area contributed by atoms with Crippen molar-refractivity contribution < 1.29 is 17.7 Å². The van der Waals surface area contributed by atoms with Gasteiger partial charge in [0.05, 0.1) is 9.82 Å². The first kappa shape index (κ1) is 17.6. The molecule has 0 amide bonds. The molecule has 23 heavy (non-hydrogen) atoms. The molecule has 10 heteroatoms. The summed E-state index contributed by atoms with van der Waals surface area (Å²) in [6, 6.07) is 3.23. The SMILES string of the molecule is CN1CCC(F)(N(C)c2ccc(S(N)(=O)=O)cc2[N+](=O)[O-])CC1. The molecule has 1 aliphatic heterocycles. The zero-order chi connectivity index (χ0) is 17.4. The Morgan fingerprint density at radius 2 is 1.96 bits per heavy atom. The summed E-state index contributed by atoms with van der Waals surface area (Å²) in [6.07, 6.45) is 0.405. The van der Waals surface area contributed by atoms with Crippen LogP contribution in [0.2, 0.25) is 0 Å². The summed E-state index contributed by atoms with van der Waals surface area (Å²) in [7, 11) is -0.759. The molecule has 0 radical (unpaired) electrons. The Bertz CT molecular complexity index is 717. The highest BCUT2D eigenvalue weighted by Crippen LogP contribution is 2.38. The molecule has 0 unspecified atom stereocenters. The van der Waals surface area contributed by atoms with Gasteiger partial charge in [-0.15, -0.1) is 0 Å². The zero-order valence-corrected chi connectivity index (χ0v) is 13.7. The minimum atomic E-state index is -4.07. The van der Waals surface area contributed by atoms with E-state index in [-0.39, 0.29) is 23.4 Å². The number of benzene rings is 1. The molecule has 1 heterocycles. The first-order valence-electron chi connectivity index (χ1n) is 6.97. The van der Waals surface area contributed by atoms with E-state index in [4.69, 9.17) is 5.14 Å². The molecule has 1 aromatic rings. The van der Waals surface area contributed by atoms with E-state index in [0.717, 1.165) is 12.1 Å². The molecule has 0 spiro atoms. The van der Waals surface area contributed by atoms with E-state index in [9.17, 15) is 18.5 Å². The fourth-order valence-electron chi connectivity index (χ4n) is 2.62. The molecule has 1 saturated heterocycles. The zero-order valence-electron chi connectivity index (χ0n) is 12.9. The van der Waals surface area contributed by atoms with Gasteiger partial charge in [0.1, 0.15) is 5.69 Å². The predicted molar refractivity (Wildman–Crippen MR) is 83.4 cm³/mol. The molecule has 8 nitrogen and oxygen atoms in total. The number of hydrogen-bond acceptors (Lipinski definition) is 6. The lowest BCUT2D eigenvalue weighted by atomic mass is 10.00. The van der Waals surface area contributed by atoms with Gasteiger partial charge in [-0.05, 0) is 19.2 Å². The van der Waals surface area contributed by atoms with Crippen LogP contribution in [0.25, 0.3) is 0 Å². The van der Waals surface area contributed by atoms with Crippen molar-refractivity contribution in [1.82, 2.24) is 4.90 Å². The number of anilines is 1. The molecular weight excluding hydrogens is 327 g/mol. The number of alkyl halides is 1. The van der Waals surface area contributed by atoms with Crippen LogP contribution in [0.3, 0.4) is 0 Å². The lowest BCUT2D eigenvalue weighted by Crippen LogP contribution is -2.50. The van der Waals surface area contributed by atoms with Gasteiger partial charge in [0.15, 0.2) is 5.79 Å². The minimum Gasteiger partial charge on any atom is -0.337 e. The second-order valence-electron chi connectivity index (χ2n) is 5.73. The Morgan fingerprint density at radius 3 is 2.43 bits per heavy atom. The fourth-order valence-corrected chi connectivity index (χ4v) is 3.16. The second kappa shape index (κ2) is 6.02. The van der Waals surface area contributed by atoms with E-state index < -0.39 is 26.4 Å². The molecule has 0 bridgehead atoms. The number of hydrogen-bond donors (Lipinski definition) is 1. The van der Waals surface area contributed by atoms with Crippen molar-refractivity contribution in [3.63, 3.8) is 0 Å². The quantitative estimate of drug-likeness (QED) is 0.496. The first-order valence-corrected chi connectivity index (χ1v) is 8.52. The van der Waals surface area contributed by atoms with E-state index in [0.29, 0.717) is 13.1 Å². The molecule has 2 N–H and O–H groups in total. The maximum atomic E-state index is 15.1. The van der Waals surface area contributed by atoms with E-state index in [1.54, 1.807) is 0 Å². The molecule has 0 saturated carbocycles. The number of sulfonamides is 1. The number of nitrogens with two attached hydrogens (primary N) is 1. The van der Waals surface area contributed by atoms with Crippen molar-refractivity contribution in [3.05, 3.63) is 28.3 Å². The highest BCUT2D eigenvalue weighted by atomic mass is 32.2. The summed E-state index contributed by atoms with van der Waals surface area (Å²) in [5, 5.41) is 16.2. The average molecular weight is 346 g/mol. The summed E-state index contributed by atoms with van der Waals surface area (Å²) >= 11 is 0. The molecule has 0 aromatic heterocycles. The number of nitrogens with zero attached hydrogens (tertiary/aromatic N) is 3. The Labute approximate surface area is 133 Å². The summed E-state index contributed by atoms with van der Waals surface area (Å²) in [5.41, 5.74) is -0.468. The van der Waals surface area contributed by atoms with Crippen LogP contribution < -0.4 is 10.0 Å². The van der Waals surface area contributed by atoms with Gasteiger partial charge in [0.2, 0.25) is 10.0 Å². The molecular formula is C13H19FN4O4S. The van der Waals surface area contributed by atoms with Gasteiger partial charge < -0.3 is 9.80 Å². The van der Waals surface area contributed by atoms with E-state index >= 15 is 4.39 Å². The standard InChI is InChI=1S/C13H19FN4O4S/c1-16-7-5-13(14,6-8-16)17(2)11-4-3-10(23(15,21)22)9-12(11)18(19)20/h3-4,9H,5-8H2,1-2H3,(H2,15,21,22). The number of nitro benzene ring substituents is 1. The van der Waals surface area contributed by atoms with Gasteiger partial charge in [0.25, 0.3) is 5.69 Å². The third kappa shape index (κ3) is 3.59. The Balaban J connectivity index is 2.44. The second-order valence-corrected chi connectivity index (χ2v) is 7.29.